The van der Waals surface area contributed by atoms with Gasteiger partial charge in [-0.05, 0) is 61.0 Å². The molecule has 1 aliphatic heterocycles. The first-order chi connectivity index (χ1) is 17.5. The minimum atomic E-state index is -0.615. The van der Waals surface area contributed by atoms with Crippen LogP contribution in [0.1, 0.15) is 18.5 Å². The number of carbonyl (C=O) groups is 1. The molecule has 2 aromatic heterocycles. The third kappa shape index (κ3) is 4.20. The van der Waals surface area contributed by atoms with E-state index in [0.29, 0.717) is 40.2 Å². The van der Waals surface area contributed by atoms with Gasteiger partial charge in [-0.1, -0.05) is 6.07 Å². The molecule has 1 amide bonds. The fraction of sp³-hybridized carbons (Fsp3) is 0.154. The van der Waals surface area contributed by atoms with Gasteiger partial charge in [0.15, 0.2) is 17.3 Å². The highest BCUT2D eigenvalue weighted by molar-refractivity contribution is 6.06. The van der Waals surface area contributed by atoms with E-state index in [4.69, 9.17) is 14.6 Å². The molecule has 4 aromatic rings. The van der Waals surface area contributed by atoms with Crippen LogP contribution in [0.2, 0.25) is 0 Å². The van der Waals surface area contributed by atoms with Gasteiger partial charge in [-0.2, -0.15) is 4.98 Å². The Morgan fingerprint density at radius 1 is 1.08 bits per heavy atom. The van der Waals surface area contributed by atoms with Crippen LogP contribution in [0.15, 0.2) is 78.3 Å². The molecule has 10 heteroatoms. The summed E-state index contributed by atoms with van der Waals surface area (Å²) in [7, 11) is 3.13. The number of ether oxygens (including phenoxy) is 2. The number of nitrogens with one attached hydrogen (secondary N) is 2. The van der Waals surface area contributed by atoms with E-state index in [9.17, 15) is 9.90 Å². The highest BCUT2D eigenvalue weighted by atomic mass is 16.5. The summed E-state index contributed by atoms with van der Waals surface area (Å²) >= 11 is 0. The molecule has 1 unspecified atom stereocenters. The highest BCUT2D eigenvalue weighted by Gasteiger charge is 2.35. The van der Waals surface area contributed by atoms with Crippen LogP contribution in [-0.4, -0.2) is 45.0 Å². The molecule has 3 N–H and O–H groups in total. The molecule has 1 aliphatic rings. The minimum absolute atomic E-state index is 0.149. The zero-order valence-corrected chi connectivity index (χ0v) is 19.9. The van der Waals surface area contributed by atoms with Crippen LogP contribution in [0.25, 0.3) is 11.4 Å². The van der Waals surface area contributed by atoms with Crippen molar-refractivity contribution in [2.45, 2.75) is 13.0 Å². The first-order valence-electron chi connectivity index (χ1n) is 11.2. The molecule has 0 bridgehead atoms. The molecule has 5 rings (SSSR count). The largest absolute Gasteiger partial charge is 0.508 e. The predicted molar refractivity (Wildman–Crippen MR) is 134 cm³/mol. The van der Waals surface area contributed by atoms with E-state index in [2.05, 4.69) is 20.6 Å². The van der Waals surface area contributed by atoms with Crippen LogP contribution in [0.5, 0.6) is 17.2 Å². The van der Waals surface area contributed by atoms with Crippen LogP contribution in [0.3, 0.4) is 0 Å². The minimum Gasteiger partial charge on any atom is -0.508 e. The summed E-state index contributed by atoms with van der Waals surface area (Å²) in [6.07, 6.45) is 3.22. The number of methoxy groups -OCH3 is 2. The maximum absolute atomic E-state index is 13.6. The number of benzene rings is 2. The number of amides is 1. The van der Waals surface area contributed by atoms with Gasteiger partial charge in [0, 0.05) is 17.5 Å². The van der Waals surface area contributed by atoms with Gasteiger partial charge in [0.1, 0.15) is 11.8 Å². The average molecular weight is 485 g/mol. The molecule has 0 spiro atoms. The number of aromatic nitrogens is 4. The standard InChI is InChI=1S/C26H24N6O4/c1-15-22(25(34)29-18-5-4-12-27-14-18)23(17-8-11-20(35-2)21(13-17)36-3)32-26(28-15)30-24(31-32)16-6-9-19(33)10-7-16/h4-14,23,33H,1-3H3,(H,29,34)(H,28,30,31). The van der Waals surface area contributed by atoms with Crippen molar-refractivity contribution in [1.29, 1.82) is 0 Å². The lowest BCUT2D eigenvalue weighted by molar-refractivity contribution is -0.113. The molecular formula is C26H24N6O4. The van der Waals surface area contributed by atoms with Crippen LogP contribution in [-0.2, 0) is 4.79 Å². The highest BCUT2D eigenvalue weighted by Crippen LogP contribution is 2.39. The van der Waals surface area contributed by atoms with E-state index in [1.54, 1.807) is 73.8 Å². The molecule has 0 aliphatic carbocycles. The number of pyridine rings is 1. The second-order valence-electron chi connectivity index (χ2n) is 8.13. The molecule has 2 aromatic carbocycles. The van der Waals surface area contributed by atoms with Gasteiger partial charge in [-0.15, -0.1) is 5.10 Å². The van der Waals surface area contributed by atoms with Crippen LogP contribution in [0.4, 0.5) is 11.6 Å². The number of hydrogen-bond acceptors (Lipinski definition) is 8. The second kappa shape index (κ2) is 9.41. The topological polar surface area (TPSA) is 123 Å². The summed E-state index contributed by atoms with van der Waals surface area (Å²) in [5.41, 5.74) is 3.15. The fourth-order valence-electron chi connectivity index (χ4n) is 4.14. The number of carbonyl (C=O) groups excluding carboxylic acids is 1. The number of nitrogens with zero attached hydrogens (tertiary/aromatic N) is 4. The molecule has 0 saturated carbocycles. The van der Waals surface area contributed by atoms with Crippen molar-refractivity contribution in [3.8, 4) is 28.6 Å². The number of rotatable bonds is 6. The van der Waals surface area contributed by atoms with E-state index < -0.39 is 6.04 Å². The van der Waals surface area contributed by atoms with E-state index in [1.807, 2.05) is 19.1 Å². The summed E-state index contributed by atoms with van der Waals surface area (Å²) in [4.78, 5) is 22.3. The lowest BCUT2D eigenvalue weighted by atomic mass is 9.94. The zero-order chi connectivity index (χ0) is 25.2. The molecule has 0 saturated heterocycles. The smallest absolute Gasteiger partial charge is 0.255 e. The maximum atomic E-state index is 13.6. The number of phenols is 1. The molecular weight excluding hydrogens is 460 g/mol. The van der Waals surface area contributed by atoms with Gasteiger partial charge in [-0.3, -0.25) is 9.78 Å². The number of phenolic OH excluding ortho intramolecular Hbond substituents is 1. The van der Waals surface area contributed by atoms with E-state index in [0.717, 1.165) is 11.1 Å². The zero-order valence-electron chi connectivity index (χ0n) is 19.9. The van der Waals surface area contributed by atoms with Crippen molar-refractivity contribution in [2.75, 3.05) is 24.9 Å². The predicted octanol–water partition coefficient (Wildman–Crippen LogP) is 3.99. The number of hydrogen-bond donors (Lipinski definition) is 3. The number of anilines is 2. The summed E-state index contributed by atoms with van der Waals surface area (Å²) in [5.74, 6) is 1.87. The van der Waals surface area contributed by atoms with Gasteiger partial charge >= 0.3 is 0 Å². The van der Waals surface area contributed by atoms with Gasteiger partial charge in [0.05, 0.1) is 31.7 Å². The fourth-order valence-corrected chi connectivity index (χ4v) is 4.14. The van der Waals surface area contributed by atoms with Crippen LogP contribution >= 0.6 is 0 Å². The second-order valence-corrected chi connectivity index (χ2v) is 8.13. The van der Waals surface area contributed by atoms with Crippen molar-refractivity contribution >= 4 is 17.5 Å². The third-order valence-corrected chi connectivity index (χ3v) is 5.87. The lowest BCUT2D eigenvalue weighted by Crippen LogP contribution is -2.31. The molecule has 3 heterocycles. The molecule has 182 valence electrons. The monoisotopic (exact) mass is 484 g/mol. The van der Waals surface area contributed by atoms with Crippen molar-refractivity contribution < 1.29 is 19.4 Å². The molecule has 0 fully saturated rings. The molecule has 10 nitrogen and oxygen atoms in total. The number of allylic oxidation sites excluding steroid dienone is 1. The van der Waals surface area contributed by atoms with Crippen LogP contribution < -0.4 is 20.1 Å². The normalized spacial score (nSPS) is 14.6. The quantitative estimate of drug-likeness (QED) is 0.375. The Hall–Kier alpha value is -4.86. The summed E-state index contributed by atoms with van der Waals surface area (Å²) in [5, 5.41) is 20.5. The summed E-state index contributed by atoms with van der Waals surface area (Å²) in [6.45, 7) is 1.82. The van der Waals surface area contributed by atoms with Crippen molar-refractivity contribution in [3.63, 3.8) is 0 Å². The van der Waals surface area contributed by atoms with Gasteiger partial charge in [-0.25, -0.2) is 4.68 Å². The first-order valence-corrected chi connectivity index (χ1v) is 11.2. The first kappa shape index (κ1) is 22.9. The lowest BCUT2D eigenvalue weighted by Gasteiger charge is -2.29. The maximum Gasteiger partial charge on any atom is 0.255 e. The number of aromatic hydroxyl groups is 1. The summed E-state index contributed by atoms with van der Waals surface area (Å²) < 4.78 is 12.6. The summed E-state index contributed by atoms with van der Waals surface area (Å²) in [6, 6.07) is 15.0. The van der Waals surface area contributed by atoms with E-state index >= 15 is 0 Å². The average Bonchev–Trinajstić information content (AvgIpc) is 3.31. The third-order valence-electron chi connectivity index (χ3n) is 5.87. The molecule has 1 atom stereocenters. The van der Waals surface area contributed by atoms with E-state index in [1.165, 1.54) is 0 Å². The van der Waals surface area contributed by atoms with Crippen molar-refractivity contribution in [1.82, 2.24) is 19.7 Å². The Bertz CT molecular complexity index is 1450. The van der Waals surface area contributed by atoms with Crippen molar-refractivity contribution in [3.05, 3.63) is 83.8 Å². The van der Waals surface area contributed by atoms with Crippen LogP contribution in [0, 0.1) is 0 Å². The Labute approximate surface area is 207 Å². The number of fused-ring (bicyclic) bond motifs is 1. The Kier molecular flexibility index (Phi) is 5.99. The van der Waals surface area contributed by atoms with Gasteiger partial charge < -0.3 is 25.2 Å². The van der Waals surface area contributed by atoms with Gasteiger partial charge in [0.25, 0.3) is 5.91 Å². The van der Waals surface area contributed by atoms with Gasteiger partial charge in [0.2, 0.25) is 5.95 Å². The Morgan fingerprint density at radius 2 is 1.86 bits per heavy atom. The molecule has 36 heavy (non-hydrogen) atoms. The Morgan fingerprint density at radius 3 is 2.56 bits per heavy atom. The Balaban J connectivity index is 1.63. The van der Waals surface area contributed by atoms with E-state index in [-0.39, 0.29) is 11.7 Å². The van der Waals surface area contributed by atoms with Crippen molar-refractivity contribution in [2.24, 2.45) is 0 Å². The SMILES string of the molecule is COc1ccc(C2C(C(=O)Nc3cccnc3)=C(C)Nc3nc(-c4ccc(O)cc4)nn32)cc1OC. The molecule has 0 radical (unpaired) electrons.